The van der Waals surface area contributed by atoms with Crippen LogP contribution in [-0.4, -0.2) is 51.5 Å². The number of nitrogens with zero attached hydrogens (tertiary/aromatic N) is 3. The van der Waals surface area contributed by atoms with Crippen LogP contribution in [0.5, 0.6) is 0 Å². The van der Waals surface area contributed by atoms with Gasteiger partial charge in [-0.15, -0.1) is 0 Å². The van der Waals surface area contributed by atoms with Gasteiger partial charge in [-0.1, -0.05) is 12.2 Å². The minimum atomic E-state index is -0.562. The molecule has 1 amide bonds. The van der Waals surface area contributed by atoms with Gasteiger partial charge in [-0.2, -0.15) is 0 Å². The van der Waals surface area contributed by atoms with Crippen LogP contribution >= 0.6 is 0 Å². The molecule has 2 aromatic rings. The Hall–Kier alpha value is -3.88. The van der Waals surface area contributed by atoms with Gasteiger partial charge in [0.2, 0.25) is 0 Å². The van der Waals surface area contributed by atoms with Crippen molar-refractivity contribution in [1.82, 2.24) is 14.9 Å². The highest BCUT2D eigenvalue weighted by atomic mass is 16.6. The van der Waals surface area contributed by atoms with Crippen LogP contribution in [-0.2, 0) is 4.74 Å². The van der Waals surface area contributed by atoms with E-state index in [9.17, 15) is 9.59 Å². The summed E-state index contributed by atoms with van der Waals surface area (Å²) in [5.74, 6) is 0.207. The second-order valence-electron chi connectivity index (χ2n) is 10.1. The highest BCUT2D eigenvalue weighted by molar-refractivity contribution is 6.14. The molecule has 1 aliphatic carbocycles. The molecule has 1 aromatic carbocycles. The summed E-state index contributed by atoms with van der Waals surface area (Å²) in [6.45, 7) is 6.60. The van der Waals surface area contributed by atoms with Crippen molar-refractivity contribution in [2.75, 3.05) is 29.5 Å². The van der Waals surface area contributed by atoms with Gasteiger partial charge in [0.1, 0.15) is 29.1 Å². The number of rotatable bonds is 6. The molecule has 36 heavy (non-hydrogen) atoms. The van der Waals surface area contributed by atoms with Crippen LogP contribution in [0, 0.1) is 0 Å². The van der Waals surface area contributed by atoms with E-state index in [1.807, 2.05) is 32.9 Å². The van der Waals surface area contributed by atoms with Gasteiger partial charge in [-0.3, -0.25) is 4.79 Å². The predicted octanol–water partition coefficient (Wildman–Crippen LogP) is 4.75. The van der Waals surface area contributed by atoms with Crippen LogP contribution in [0.3, 0.4) is 0 Å². The second kappa shape index (κ2) is 10.8. The Morgan fingerprint density at radius 3 is 2.61 bits per heavy atom. The molecule has 0 bridgehead atoms. The molecule has 1 aromatic heterocycles. The molecule has 0 saturated carbocycles. The van der Waals surface area contributed by atoms with Crippen molar-refractivity contribution in [3.05, 3.63) is 65.6 Å². The van der Waals surface area contributed by atoms with Crippen LogP contribution in [0.1, 0.15) is 62.4 Å². The molecule has 9 nitrogen and oxygen atoms in total. The minimum Gasteiger partial charge on any atom is -0.444 e. The lowest BCUT2D eigenvalue weighted by Gasteiger charge is -2.34. The number of nitrogens with two attached hydrogens (primary N) is 1. The zero-order valence-corrected chi connectivity index (χ0v) is 21.1. The molecule has 4 N–H and O–H groups in total. The molecule has 9 heteroatoms. The topological polar surface area (TPSA) is 122 Å². The molecule has 1 unspecified atom stereocenters. The number of anilines is 3. The zero-order chi connectivity index (χ0) is 25.7. The van der Waals surface area contributed by atoms with E-state index in [4.69, 9.17) is 10.5 Å². The molecule has 0 radical (unpaired) electrons. The lowest BCUT2D eigenvalue weighted by atomic mass is 10.0. The molecule has 1 saturated heterocycles. The van der Waals surface area contributed by atoms with Crippen molar-refractivity contribution in [2.24, 2.45) is 0 Å². The fourth-order valence-electron chi connectivity index (χ4n) is 4.24. The highest BCUT2D eigenvalue weighted by Gasteiger charge is 2.29. The summed E-state index contributed by atoms with van der Waals surface area (Å²) < 4.78 is 5.52. The predicted molar refractivity (Wildman–Crippen MR) is 141 cm³/mol. The Kier molecular flexibility index (Phi) is 7.57. The third-order valence-corrected chi connectivity index (χ3v) is 5.95. The van der Waals surface area contributed by atoms with Gasteiger partial charge < -0.3 is 26.0 Å². The quantitative estimate of drug-likeness (QED) is 0.496. The summed E-state index contributed by atoms with van der Waals surface area (Å²) in [4.78, 5) is 36.0. The molecule has 4 rings (SSSR count). The van der Waals surface area contributed by atoms with Crippen molar-refractivity contribution in [1.29, 1.82) is 0 Å². The normalized spacial score (nSPS) is 17.8. The summed E-state index contributed by atoms with van der Waals surface area (Å²) in [5.41, 5.74) is 8.22. The number of ether oxygens (including phenoxy) is 1. The molecule has 2 aliphatic rings. The van der Waals surface area contributed by atoms with E-state index in [-0.39, 0.29) is 29.3 Å². The first kappa shape index (κ1) is 25.2. The average Bonchev–Trinajstić information content (AvgIpc) is 2.84. The molecular formula is C27H34N6O3. The van der Waals surface area contributed by atoms with E-state index >= 15 is 0 Å². The monoisotopic (exact) mass is 490 g/mol. The number of hydrogen-bond donors (Lipinski definition) is 3. The maximum Gasteiger partial charge on any atom is 0.410 e. The number of benzene rings is 1. The van der Waals surface area contributed by atoms with Gasteiger partial charge in [0.25, 0.3) is 0 Å². The molecule has 0 spiro atoms. The Labute approximate surface area is 211 Å². The fourth-order valence-corrected chi connectivity index (χ4v) is 4.24. The first-order valence-electron chi connectivity index (χ1n) is 12.3. The van der Waals surface area contributed by atoms with E-state index in [0.717, 1.165) is 37.1 Å². The summed E-state index contributed by atoms with van der Waals surface area (Å²) in [5, 5.41) is 6.68. The summed E-state index contributed by atoms with van der Waals surface area (Å²) in [6.07, 6.45) is 11.0. The van der Waals surface area contributed by atoms with Crippen LogP contribution < -0.4 is 16.4 Å². The smallest absolute Gasteiger partial charge is 0.410 e. The molecular weight excluding hydrogens is 456 g/mol. The first-order valence-corrected chi connectivity index (χ1v) is 12.3. The van der Waals surface area contributed by atoms with E-state index in [1.165, 1.54) is 6.33 Å². The summed E-state index contributed by atoms with van der Waals surface area (Å²) in [7, 11) is 0. The number of piperidine rings is 1. The van der Waals surface area contributed by atoms with Gasteiger partial charge in [0.15, 0.2) is 5.78 Å². The Bertz CT molecular complexity index is 1170. The van der Waals surface area contributed by atoms with Gasteiger partial charge >= 0.3 is 6.09 Å². The number of ketones is 1. The number of carbonyl (C=O) groups excluding carboxylic acids is 2. The van der Waals surface area contributed by atoms with Gasteiger partial charge in [-0.05, 0) is 76.8 Å². The van der Waals surface area contributed by atoms with Crippen molar-refractivity contribution >= 4 is 29.2 Å². The SMILES string of the molecule is CC(C)(C)OC(=O)N1CCCC(Nc2ncnc(N)c2C(=O)c2ccc(NC3=CCCC=C3)cc2)C1. The standard InChI is InChI=1S/C27H34N6O3/c1-27(2,3)36-26(35)33-15-7-10-21(16-33)32-25-22(24(28)29-17-30-25)23(34)18-11-13-20(14-12-18)31-19-8-5-4-6-9-19/h5,8-9,11-14,17,21,31H,4,6-7,10,15-16H2,1-3H3,(H3,28,29,30,32). The number of hydrogen-bond acceptors (Lipinski definition) is 8. The van der Waals surface area contributed by atoms with Crippen LogP contribution in [0.15, 0.2) is 54.5 Å². The van der Waals surface area contributed by atoms with E-state index in [2.05, 4.69) is 38.8 Å². The molecule has 1 aliphatic heterocycles. The molecule has 190 valence electrons. The van der Waals surface area contributed by atoms with Crippen LogP contribution in [0.25, 0.3) is 0 Å². The van der Waals surface area contributed by atoms with Crippen molar-refractivity contribution in [3.63, 3.8) is 0 Å². The van der Waals surface area contributed by atoms with Gasteiger partial charge in [0, 0.05) is 36.1 Å². The zero-order valence-electron chi connectivity index (χ0n) is 21.1. The van der Waals surface area contributed by atoms with E-state index in [0.29, 0.717) is 24.5 Å². The largest absolute Gasteiger partial charge is 0.444 e. The number of allylic oxidation sites excluding steroid dienone is 3. The fraction of sp³-hybridized carbons (Fsp3) is 0.407. The van der Waals surface area contributed by atoms with Crippen LogP contribution in [0.2, 0.25) is 0 Å². The highest BCUT2D eigenvalue weighted by Crippen LogP contribution is 2.26. The Balaban J connectivity index is 1.47. The second-order valence-corrected chi connectivity index (χ2v) is 10.1. The lowest BCUT2D eigenvalue weighted by Crippen LogP contribution is -2.47. The number of aromatic nitrogens is 2. The number of amides is 1. The summed E-state index contributed by atoms with van der Waals surface area (Å²) >= 11 is 0. The maximum absolute atomic E-state index is 13.4. The third kappa shape index (κ3) is 6.41. The number of nitrogen functional groups attached to an aromatic ring is 1. The van der Waals surface area contributed by atoms with Gasteiger partial charge in [-0.25, -0.2) is 14.8 Å². The number of nitrogens with one attached hydrogen (secondary N) is 2. The van der Waals surface area contributed by atoms with E-state index in [1.54, 1.807) is 17.0 Å². The number of likely N-dealkylation sites (tertiary alicyclic amines) is 1. The van der Waals surface area contributed by atoms with Crippen molar-refractivity contribution in [3.8, 4) is 0 Å². The van der Waals surface area contributed by atoms with Gasteiger partial charge in [0.05, 0.1) is 0 Å². The first-order chi connectivity index (χ1) is 17.2. The van der Waals surface area contributed by atoms with Crippen LogP contribution in [0.4, 0.5) is 22.1 Å². The Morgan fingerprint density at radius 2 is 1.92 bits per heavy atom. The third-order valence-electron chi connectivity index (χ3n) is 5.95. The average molecular weight is 491 g/mol. The lowest BCUT2D eigenvalue weighted by molar-refractivity contribution is 0.0206. The summed E-state index contributed by atoms with van der Waals surface area (Å²) in [6, 6.07) is 7.15. The van der Waals surface area contributed by atoms with Crippen molar-refractivity contribution < 1.29 is 14.3 Å². The van der Waals surface area contributed by atoms with E-state index < -0.39 is 5.60 Å². The maximum atomic E-state index is 13.4. The minimum absolute atomic E-state index is 0.101. The molecule has 1 fully saturated rings. The number of carbonyl (C=O) groups is 2. The molecule has 1 atom stereocenters. The van der Waals surface area contributed by atoms with Crippen molar-refractivity contribution in [2.45, 2.75) is 58.1 Å². The molecule has 2 heterocycles. The Morgan fingerprint density at radius 1 is 1.14 bits per heavy atom.